The zero-order valence-corrected chi connectivity index (χ0v) is 30.5. The minimum absolute atomic E-state index is 0.478. The van der Waals surface area contributed by atoms with Gasteiger partial charge in [0.25, 0.3) is 0 Å². The third kappa shape index (κ3) is 25.2. The summed E-state index contributed by atoms with van der Waals surface area (Å²) in [4.78, 5) is 34.6. The fourth-order valence-electron chi connectivity index (χ4n) is 6.21. The standard InChI is InChI=1S/C39H73NO6/c1-5-6-7-8-9-10-11-12-13-14-15-16-17-18-19-20-21-22-23-24-25-26-30-40(31-27-34(2)37(41)42,32-28-35(3)38(43)44)33-29-36(4)39(45)46/h7-8,34-36H,5-6,9-33H2,1-4H3,(H2-,41,42,43,44,45,46)/p+1/b8-7+. The zero-order chi connectivity index (χ0) is 34.5. The summed E-state index contributed by atoms with van der Waals surface area (Å²) < 4.78 is 0.615. The Morgan fingerprint density at radius 1 is 0.457 bits per heavy atom. The van der Waals surface area contributed by atoms with Crippen LogP contribution in [-0.4, -0.2) is 63.9 Å². The van der Waals surface area contributed by atoms with E-state index in [1.807, 2.05) is 0 Å². The van der Waals surface area contributed by atoms with Gasteiger partial charge in [-0.1, -0.05) is 136 Å². The van der Waals surface area contributed by atoms with Gasteiger partial charge in [-0.2, -0.15) is 0 Å². The fraction of sp³-hybridized carbons (Fsp3) is 0.872. The average Bonchev–Trinajstić information content (AvgIpc) is 3.03. The Kier molecular flexibility index (Phi) is 28.1. The molecular formula is C39H74NO6+. The summed E-state index contributed by atoms with van der Waals surface area (Å²) in [5.74, 6) is -3.90. The maximum atomic E-state index is 11.5. The number of carbonyl (C=O) groups is 3. The highest BCUT2D eigenvalue weighted by atomic mass is 16.4. The lowest BCUT2D eigenvalue weighted by Gasteiger charge is -2.40. The van der Waals surface area contributed by atoms with Crippen molar-refractivity contribution in [3.63, 3.8) is 0 Å². The SMILES string of the molecule is CCC/C=C/CCCCCCCCCCCCCCCCCCC[N+](CCC(C)C(=O)O)(CCC(C)C(=O)O)CCC(C)C(=O)O. The van der Waals surface area contributed by atoms with E-state index < -0.39 is 35.7 Å². The van der Waals surface area contributed by atoms with E-state index in [9.17, 15) is 29.7 Å². The largest absolute Gasteiger partial charge is 0.481 e. The summed E-state index contributed by atoms with van der Waals surface area (Å²) in [6.07, 6.45) is 32.2. The zero-order valence-electron chi connectivity index (χ0n) is 30.5. The summed E-state index contributed by atoms with van der Waals surface area (Å²) in [5.41, 5.74) is 0. The Balaban J connectivity index is 4.26. The van der Waals surface area contributed by atoms with Crippen molar-refractivity contribution >= 4 is 17.9 Å². The van der Waals surface area contributed by atoms with Crippen LogP contribution in [0.15, 0.2) is 12.2 Å². The molecule has 0 saturated heterocycles. The van der Waals surface area contributed by atoms with Gasteiger partial charge in [-0.15, -0.1) is 0 Å². The number of rotatable bonds is 34. The number of hydrogen-bond acceptors (Lipinski definition) is 3. The van der Waals surface area contributed by atoms with Gasteiger partial charge >= 0.3 is 17.9 Å². The van der Waals surface area contributed by atoms with Crippen molar-refractivity contribution < 1.29 is 34.2 Å². The van der Waals surface area contributed by atoms with E-state index in [1.165, 1.54) is 116 Å². The van der Waals surface area contributed by atoms with Gasteiger partial charge in [0.1, 0.15) is 0 Å². The summed E-state index contributed by atoms with van der Waals surface area (Å²) in [6, 6.07) is 0. The van der Waals surface area contributed by atoms with Crippen LogP contribution in [0, 0.1) is 17.8 Å². The van der Waals surface area contributed by atoms with Crippen LogP contribution < -0.4 is 0 Å². The topological polar surface area (TPSA) is 112 Å². The van der Waals surface area contributed by atoms with Crippen LogP contribution in [0.1, 0.15) is 175 Å². The first-order valence-electron chi connectivity index (χ1n) is 19.2. The third-order valence-electron chi connectivity index (χ3n) is 10.00. The molecule has 3 unspecified atom stereocenters. The second-order valence-corrected chi connectivity index (χ2v) is 14.4. The molecule has 7 nitrogen and oxygen atoms in total. The molecule has 0 aromatic rings. The second kappa shape index (κ2) is 29.3. The van der Waals surface area contributed by atoms with E-state index in [2.05, 4.69) is 19.1 Å². The van der Waals surface area contributed by atoms with Crippen molar-refractivity contribution in [1.82, 2.24) is 0 Å². The van der Waals surface area contributed by atoms with E-state index in [4.69, 9.17) is 0 Å². The average molecular weight is 653 g/mol. The summed E-state index contributed by atoms with van der Waals surface area (Å²) in [7, 11) is 0. The van der Waals surface area contributed by atoms with Crippen molar-refractivity contribution in [2.75, 3.05) is 26.2 Å². The van der Waals surface area contributed by atoms with Gasteiger partial charge in [-0.3, -0.25) is 14.4 Å². The van der Waals surface area contributed by atoms with Crippen LogP contribution in [0.5, 0.6) is 0 Å². The molecular weight excluding hydrogens is 578 g/mol. The monoisotopic (exact) mass is 653 g/mol. The van der Waals surface area contributed by atoms with Gasteiger partial charge in [0.15, 0.2) is 0 Å². The van der Waals surface area contributed by atoms with Gasteiger partial charge in [0.05, 0.1) is 43.9 Å². The summed E-state index contributed by atoms with van der Waals surface area (Å²) in [6.45, 7) is 10.2. The van der Waals surface area contributed by atoms with Crippen molar-refractivity contribution in [3.05, 3.63) is 12.2 Å². The van der Waals surface area contributed by atoms with Gasteiger partial charge in [0.2, 0.25) is 0 Å². The van der Waals surface area contributed by atoms with Gasteiger partial charge in [-0.25, -0.2) is 0 Å². The van der Waals surface area contributed by atoms with Crippen LogP contribution >= 0.6 is 0 Å². The molecule has 0 spiro atoms. The molecule has 0 saturated carbocycles. The molecule has 0 aromatic heterocycles. The highest BCUT2D eigenvalue weighted by Gasteiger charge is 2.31. The second-order valence-electron chi connectivity index (χ2n) is 14.4. The molecule has 0 rings (SSSR count). The Labute approximate surface area is 283 Å². The number of unbranched alkanes of at least 4 members (excludes halogenated alkanes) is 18. The van der Waals surface area contributed by atoms with E-state index in [1.54, 1.807) is 20.8 Å². The van der Waals surface area contributed by atoms with Crippen LogP contribution in [0.25, 0.3) is 0 Å². The molecule has 3 atom stereocenters. The first-order valence-corrected chi connectivity index (χ1v) is 19.2. The van der Waals surface area contributed by atoms with Crippen molar-refractivity contribution in [2.24, 2.45) is 17.8 Å². The molecule has 0 heterocycles. The number of hydrogen-bond donors (Lipinski definition) is 3. The lowest BCUT2D eigenvalue weighted by atomic mass is 10.0. The number of carboxylic acid groups (broad SMARTS) is 3. The van der Waals surface area contributed by atoms with E-state index in [-0.39, 0.29) is 0 Å². The summed E-state index contributed by atoms with van der Waals surface area (Å²) in [5, 5.41) is 28.4. The molecule has 0 aromatic carbocycles. The molecule has 0 amide bonds. The number of quaternary nitrogens is 1. The van der Waals surface area contributed by atoms with Crippen LogP contribution in [0.4, 0.5) is 0 Å². The highest BCUT2D eigenvalue weighted by Crippen LogP contribution is 2.22. The normalized spacial score (nSPS) is 15.0. The van der Waals surface area contributed by atoms with Crippen LogP contribution in [0.2, 0.25) is 0 Å². The predicted octanol–water partition coefficient (Wildman–Crippen LogP) is 10.5. The molecule has 0 bridgehead atoms. The minimum Gasteiger partial charge on any atom is -0.481 e. The number of nitrogens with zero attached hydrogens (tertiary/aromatic N) is 1. The molecule has 270 valence electrons. The molecule has 3 N–H and O–H groups in total. The molecule has 0 radical (unpaired) electrons. The lowest BCUT2D eigenvalue weighted by molar-refractivity contribution is -0.929. The Hall–Kier alpha value is -1.89. The Bertz CT molecular complexity index is 738. The number of aliphatic carboxylic acids is 3. The molecule has 0 fully saturated rings. The molecule has 7 heteroatoms. The van der Waals surface area contributed by atoms with Crippen LogP contribution in [-0.2, 0) is 14.4 Å². The first kappa shape index (κ1) is 44.1. The maximum absolute atomic E-state index is 11.5. The molecule has 0 aliphatic carbocycles. The van der Waals surface area contributed by atoms with Gasteiger partial charge < -0.3 is 19.8 Å². The van der Waals surface area contributed by atoms with Gasteiger partial charge in [-0.05, 0) is 32.1 Å². The number of carboxylic acids is 3. The third-order valence-corrected chi connectivity index (χ3v) is 10.00. The fourth-order valence-corrected chi connectivity index (χ4v) is 6.21. The number of allylic oxidation sites excluding steroid dienone is 2. The highest BCUT2D eigenvalue weighted by molar-refractivity contribution is 5.70. The van der Waals surface area contributed by atoms with Gasteiger partial charge in [0, 0.05) is 19.3 Å². The Morgan fingerprint density at radius 2 is 0.739 bits per heavy atom. The minimum atomic E-state index is -0.821. The first-order chi connectivity index (χ1) is 22.0. The predicted molar refractivity (Wildman–Crippen MR) is 191 cm³/mol. The van der Waals surface area contributed by atoms with E-state index in [0.717, 1.165) is 19.4 Å². The smallest absolute Gasteiger partial charge is 0.306 e. The quantitative estimate of drug-likeness (QED) is 0.0362. The van der Waals surface area contributed by atoms with Crippen molar-refractivity contribution in [2.45, 2.75) is 175 Å². The Morgan fingerprint density at radius 3 is 1.04 bits per heavy atom. The lowest BCUT2D eigenvalue weighted by Crippen LogP contribution is -2.52. The van der Waals surface area contributed by atoms with Crippen LogP contribution in [0.3, 0.4) is 0 Å². The maximum Gasteiger partial charge on any atom is 0.306 e. The molecule has 0 aliphatic heterocycles. The van der Waals surface area contributed by atoms with E-state index in [0.29, 0.717) is 43.4 Å². The van der Waals surface area contributed by atoms with E-state index >= 15 is 0 Å². The molecule has 0 aliphatic rings. The molecule has 46 heavy (non-hydrogen) atoms. The van der Waals surface area contributed by atoms with Crippen molar-refractivity contribution in [3.8, 4) is 0 Å². The summed E-state index contributed by atoms with van der Waals surface area (Å²) >= 11 is 0. The van der Waals surface area contributed by atoms with Crippen molar-refractivity contribution in [1.29, 1.82) is 0 Å².